The number of nitrogens with zero attached hydrogens (tertiary/aromatic N) is 1. The number of aliphatic hydroxyl groups is 1. The van der Waals surface area contributed by atoms with Crippen molar-refractivity contribution in [3.8, 4) is 0 Å². The highest BCUT2D eigenvalue weighted by Gasteiger charge is 2.18. The number of aliphatic hydroxyl groups excluding tert-OH is 1. The van der Waals surface area contributed by atoms with E-state index in [4.69, 9.17) is 15.3 Å². The van der Waals surface area contributed by atoms with E-state index in [0.29, 0.717) is 6.54 Å². The minimum Gasteiger partial charge on any atom is -0.436 e. The number of benzene rings is 1. The quantitative estimate of drug-likeness (QED) is 0.853. The van der Waals surface area contributed by atoms with E-state index in [9.17, 15) is 4.79 Å². The van der Waals surface area contributed by atoms with Gasteiger partial charge in [-0.3, -0.25) is 4.79 Å². The van der Waals surface area contributed by atoms with E-state index in [2.05, 4.69) is 0 Å². The Morgan fingerprint density at radius 2 is 1.95 bits per heavy atom. The SMILES string of the molecule is Nc1ccc(C(=O)N(CCO)Cc2ccccc2)o1. The van der Waals surface area contributed by atoms with Gasteiger partial charge in [0.05, 0.1) is 6.61 Å². The Bertz CT molecular complexity index is 537. The smallest absolute Gasteiger partial charge is 0.290 e. The molecule has 0 fully saturated rings. The lowest BCUT2D eigenvalue weighted by Crippen LogP contribution is -2.32. The van der Waals surface area contributed by atoms with Crippen LogP contribution in [0.2, 0.25) is 0 Å². The lowest BCUT2D eigenvalue weighted by molar-refractivity contribution is 0.0677. The molecule has 2 aromatic rings. The zero-order valence-corrected chi connectivity index (χ0v) is 10.5. The maximum atomic E-state index is 12.2. The highest BCUT2D eigenvalue weighted by Crippen LogP contribution is 2.14. The first-order chi connectivity index (χ1) is 9.20. The number of furan rings is 1. The number of hydrogen-bond acceptors (Lipinski definition) is 4. The van der Waals surface area contributed by atoms with E-state index >= 15 is 0 Å². The lowest BCUT2D eigenvalue weighted by Gasteiger charge is -2.20. The first kappa shape index (κ1) is 13.2. The van der Waals surface area contributed by atoms with Crippen LogP contribution in [-0.2, 0) is 6.54 Å². The van der Waals surface area contributed by atoms with Crippen molar-refractivity contribution in [1.82, 2.24) is 4.90 Å². The van der Waals surface area contributed by atoms with Gasteiger partial charge in [-0.15, -0.1) is 0 Å². The molecule has 0 bridgehead atoms. The predicted octanol–water partition coefficient (Wildman–Crippen LogP) is 1.50. The summed E-state index contributed by atoms with van der Waals surface area (Å²) in [5.41, 5.74) is 6.45. The second kappa shape index (κ2) is 6.06. The molecule has 0 aliphatic carbocycles. The molecule has 5 heteroatoms. The third-order valence-electron chi connectivity index (χ3n) is 2.71. The molecule has 19 heavy (non-hydrogen) atoms. The molecule has 1 amide bonds. The van der Waals surface area contributed by atoms with Gasteiger partial charge in [0.15, 0.2) is 11.6 Å². The lowest BCUT2D eigenvalue weighted by atomic mass is 10.2. The molecule has 5 nitrogen and oxygen atoms in total. The topological polar surface area (TPSA) is 79.7 Å². The van der Waals surface area contributed by atoms with Crippen LogP contribution in [0.25, 0.3) is 0 Å². The van der Waals surface area contributed by atoms with Crippen LogP contribution in [0.5, 0.6) is 0 Å². The van der Waals surface area contributed by atoms with Gasteiger partial charge in [-0.25, -0.2) is 0 Å². The van der Waals surface area contributed by atoms with Crippen molar-refractivity contribution in [2.75, 3.05) is 18.9 Å². The van der Waals surface area contributed by atoms with Crippen LogP contribution < -0.4 is 5.73 Å². The van der Waals surface area contributed by atoms with Gasteiger partial charge >= 0.3 is 0 Å². The molecule has 100 valence electrons. The van der Waals surface area contributed by atoms with Crippen molar-refractivity contribution in [3.63, 3.8) is 0 Å². The summed E-state index contributed by atoms with van der Waals surface area (Å²) in [6, 6.07) is 12.6. The van der Waals surface area contributed by atoms with Crippen molar-refractivity contribution < 1.29 is 14.3 Å². The standard InChI is InChI=1S/C14H16N2O3/c15-13-7-6-12(19-13)14(18)16(8-9-17)10-11-4-2-1-3-5-11/h1-7,17H,8-10,15H2. The highest BCUT2D eigenvalue weighted by molar-refractivity contribution is 5.91. The van der Waals surface area contributed by atoms with E-state index in [-0.39, 0.29) is 30.7 Å². The van der Waals surface area contributed by atoms with Crippen LogP contribution in [0, 0.1) is 0 Å². The summed E-state index contributed by atoms with van der Waals surface area (Å²) >= 11 is 0. The van der Waals surface area contributed by atoms with Crippen LogP contribution in [0.4, 0.5) is 5.88 Å². The third-order valence-corrected chi connectivity index (χ3v) is 2.71. The Balaban J connectivity index is 2.13. The molecule has 1 aromatic carbocycles. The van der Waals surface area contributed by atoms with Crippen LogP contribution in [-0.4, -0.2) is 29.1 Å². The molecule has 1 aromatic heterocycles. The zero-order valence-electron chi connectivity index (χ0n) is 10.5. The molecule has 0 saturated carbocycles. The van der Waals surface area contributed by atoms with Crippen molar-refractivity contribution in [2.45, 2.75) is 6.54 Å². The Morgan fingerprint density at radius 1 is 1.21 bits per heavy atom. The molecule has 0 saturated heterocycles. The molecule has 0 aliphatic rings. The minimum absolute atomic E-state index is 0.102. The number of carbonyl (C=O) groups is 1. The van der Waals surface area contributed by atoms with E-state index in [0.717, 1.165) is 5.56 Å². The molecular weight excluding hydrogens is 244 g/mol. The largest absolute Gasteiger partial charge is 0.436 e. The molecule has 1 heterocycles. The molecule has 0 unspecified atom stereocenters. The summed E-state index contributed by atoms with van der Waals surface area (Å²) < 4.78 is 5.12. The highest BCUT2D eigenvalue weighted by atomic mass is 16.4. The summed E-state index contributed by atoms with van der Waals surface area (Å²) in [6.45, 7) is 0.559. The fourth-order valence-corrected chi connectivity index (χ4v) is 1.80. The number of amides is 1. The monoisotopic (exact) mass is 260 g/mol. The van der Waals surface area contributed by atoms with Crippen LogP contribution in [0.15, 0.2) is 46.9 Å². The van der Waals surface area contributed by atoms with Crippen LogP contribution in [0.1, 0.15) is 16.1 Å². The van der Waals surface area contributed by atoms with Gasteiger partial charge in [-0.1, -0.05) is 30.3 Å². The van der Waals surface area contributed by atoms with E-state index in [1.807, 2.05) is 30.3 Å². The molecule has 2 rings (SSSR count). The second-order valence-corrected chi connectivity index (χ2v) is 4.14. The number of anilines is 1. The van der Waals surface area contributed by atoms with Crippen LogP contribution >= 0.6 is 0 Å². The van der Waals surface area contributed by atoms with Gasteiger partial charge in [0.25, 0.3) is 5.91 Å². The average Bonchev–Trinajstić information content (AvgIpc) is 2.85. The molecular formula is C14H16N2O3. The average molecular weight is 260 g/mol. The first-order valence-electron chi connectivity index (χ1n) is 6.00. The summed E-state index contributed by atoms with van der Waals surface area (Å²) in [7, 11) is 0. The van der Waals surface area contributed by atoms with Gasteiger partial charge < -0.3 is 20.2 Å². The fraction of sp³-hybridized carbons (Fsp3) is 0.214. The number of nitrogen functional groups attached to an aromatic ring is 1. The van der Waals surface area contributed by atoms with Gasteiger partial charge in [0.1, 0.15) is 0 Å². The minimum atomic E-state index is -0.283. The zero-order chi connectivity index (χ0) is 13.7. The predicted molar refractivity (Wildman–Crippen MR) is 71.4 cm³/mol. The van der Waals surface area contributed by atoms with E-state index < -0.39 is 0 Å². The Labute approximate surface area is 111 Å². The Kier molecular flexibility index (Phi) is 4.20. The molecule has 3 N–H and O–H groups in total. The van der Waals surface area contributed by atoms with Gasteiger partial charge in [-0.05, 0) is 11.6 Å². The summed E-state index contributed by atoms with van der Waals surface area (Å²) in [5, 5.41) is 9.07. The Morgan fingerprint density at radius 3 is 2.53 bits per heavy atom. The summed E-state index contributed by atoms with van der Waals surface area (Å²) in [5.74, 6) is 0.100. The molecule has 0 radical (unpaired) electrons. The maximum Gasteiger partial charge on any atom is 0.290 e. The van der Waals surface area contributed by atoms with Gasteiger partial charge in [0.2, 0.25) is 0 Å². The van der Waals surface area contributed by atoms with Crippen molar-refractivity contribution in [2.24, 2.45) is 0 Å². The van der Waals surface area contributed by atoms with E-state index in [1.54, 1.807) is 0 Å². The van der Waals surface area contributed by atoms with Crippen LogP contribution in [0.3, 0.4) is 0 Å². The normalized spacial score (nSPS) is 10.4. The Hall–Kier alpha value is -2.27. The van der Waals surface area contributed by atoms with Gasteiger partial charge in [0, 0.05) is 19.2 Å². The second-order valence-electron chi connectivity index (χ2n) is 4.14. The molecule has 0 spiro atoms. The van der Waals surface area contributed by atoms with Gasteiger partial charge in [-0.2, -0.15) is 0 Å². The number of hydrogen-bond donors (Lipinski definition) is 2. The number of carbonyl (C=O) groups excluding carboxylic acids is 1. The number of rotatable bonds is 5. The molecule has 0 aliphatic heterocycles. The summed E-state index contributed by atoms with van der Waals surface area (Å²) in [6.07, 6.45) is 0. The maximum absolute atomic E-state index is 12.2. The van der Waals surface area contributed by atoms with Crippen molar-refractivity contribution in [1.29, 1.82) is 0 Å². The van der Waals surface area contributed by atoms with Crippen molar-refractivity contribution in [3.05, 3.63) is 53.8 Å². The van der Waals surface area contributed by atoms with Crippen molar-refractivity contribution >= 4 is 11.8 Å². The summed E-state index contributed by atoms with van der Waals surface area (Å²) in [4.78, 5) is 13.7. The first-order valence-corrected chi connectivity index (χ1v) is 6.00. The fourth-order valence-electron chi connectivity index (χ4n) is 1.80. The molecule has 0 atom stereocenters. The third kappa shape index (κ3) is 3.35. The van der Waals surface area contributed by atoms with E-state index in [1.165, 1.54) is 17.0 Å². The number of nitrogens with two attached hydrogens (primary N) is 1.